The molecule has 1 aromatic heterocycles. The minimum absolute atomic E-state index is 0.0827. The molecular formula is C14H20N4O. The van der Waals surface area contributed by atoms with Crippen molar-refractivity contribution in [2.45, 2.75) is 25.9 Å². The second-order valence-electron chi connectivity index (χ2n) is 4.41. The number of aromatic nitrogens is 2. The molecule has 0 saturated heterocycles. The number of nitrogens with zero attached hydrogens (tertiary/aromatic N) is 2. The van der Waals surface area contributed by atoms with Crippen molar-refractivity contribution < 1.29 is 4.74 Å². The van der Waals surface area contributed by atoms with E-state index in [1.165, 1.54) is 0 Å². The summed E-state index contributed by atoms with van der Waals surface area (Å²) in [6.45, 7) is 3.04. The topological polar surface area (TPSA) is 65.1 Å². The van der Waals surface area contributed by atoms with Crippen LogP contribution < -0.4 is 16.0 Å². The molecule has 1 atom stereocenters. The summed E-state index contributed by atoms with van der Waals surface area (Å²) in [5.74, 6) is 6.50. The lowest BCUT2D eigenvalue weighted by Gasteiger charge is -2.15. The van der Waals surface area contributed by atoms with E-state index in [1.54, 1.807) is 7.11 Å². The van der Waals surface area contributed by atoms with E-state index >= 15 is 0 Å². The highest BCUT2D eigenvalue weighted by atomic mass is 16.5. The van der Waals surface area contributed by atoms with E-state index in [0.717, 1.165) is 29.8 Å². The molecule has 0 radical (unpaired) electrons. The number of rotatable bonds is 6. The minimum Gasteiger partial charge on any atom is -0.497 e. The molecule has 2 rings (SSSR count). The molecule has 1 heterocycles. The number of hydrogen-bond donors (Lipinski definition) is 2. The number of hydrogen-bond acceptors (Lipinski definition) is 4. The molecule has 1 aromatic carbocycles. The van der Waals surface area contributed by atoms with E-state index in [4.69, 9.17) is 10.6 Å². The maximum absolute atomic E-state index is 5.68. The van der Waals surface area contributed by atoms with Gasteiger partial charge in [-0.1, -0.05) is 19.1 Å². The molecule has 19 heavy (non-hydrogen) atoms. The summed E-state index contributed by atoms with van der Waals surface area (Å²) < 4.78 is 7.17. The summed E-state index contributed by atoms with van der Waals surface area (Å²) in [5, 5.41) is 4.33. The molecule has 0 saturated carbocycles. The molecule has 0 bridgehead atoms. The van der Waals surface area contributed by atoms with E-state index in [-0.39, 0.29) is 6.04 Å². The molecule has 5 heteroatoms. The predicted molar refractivity (Wildman–Crippen MR) is 74.7 cm³/mol. The van der Waals surface area contributed by atoms with Crippen LogP contribution in [0.5, 0.6) is 5.75 Å². The Morgan fingerprint density at radius 3 is 2.95 bits per heavy atom. The van der Waals surface area contributed by atoms with Crippen molar-refractivity contribution in [3.8, 4) is 5.75 Å². The number of nitrogens with two attached hydrogens (primary N) is 1. The van der Waals surface area contributed by atoms with Gasteiger partial charge in [0, 0.05) is 18.3 Å². The summed E-state index contributed by atoms with van der Waals surface area (Å²) >= 11 is 0. The van der Waals surface area contributed by atoms with Gasteiger partial charge in [-0.25, -0.2) is 5.43 Å². The molecule has 0 spiro atoms. The standard InChI is InChI=1S/C14H20N4O/c1-3-7-18-10-12(9-16-18)14(17-15)11-5-4-6-13(8-11)19-2/h4-6,8-10,14,17H,3,7,15H2,1-2H3. The van der Waals surface area contributed by atoms with Gasteiger partial charge in [-0.3, -0.25) is 10.5 Å². The van der Waals surface area contributed by atoms with Crippen LogP contribution in [0.15, 0.2) is 36.7 Å². The zero-order valence-corrected chi connectivity index (χ0v) is 11.3. The van der Waals surface area contributed by atoms with Gasteiger partial charge in [0.15, 0.2) is 0 Å². The molecular weight excluding hydrogens is 240 g/mol. The number of benzene rings is 1. The third-order valence-electron chi connectivity index (χ3n) is 3.03. The lowest BCUT2D eigenvalue weighted by Crippen LogP contribution is -2.28. The van der Waals surface area contributed by atoms with Crippen LogP contribution in [0.3, 0.4) is 0 Å². The van der Waals surface area contributed by atoms with Crippen molar-refractivity contribution in [1.82, 2.24) is 15.2 Å². The van der Waals surface area contributed by atoms with Gasteiger partial charge in [0.05, 0.1) is 19.3 Å². The molecule has 1 unspecified atom stereocenters. The van der Waals surface area contributed by atoms with Crippen LogP contribution in [-0.4, -0.2) is 16.9 Å². The van der Waals surface area contributed by atoms with Crippen molar-refractivity contribution in [2.75, 3.05) is 7.11 Å². The van der Waals surface area contributed by atoms with Crippen molar-refractivity contribution in [2.24, 2.45) is 5.84 Å². The Morgan fingerprint density at radius 1 is 1.42 bits per heavy atom. The second-order valence-corrected chi connectivity index (χ2v) is 4.41. The normalized spacial score (nSPS) is 12.4. The van der Waals surface area contributed by atoms with E-state index in [1.807, 2.05) is 41.3 Å². The minimum atomic E-state index is -0.0827. The van der Waals surface area contributed by atoms with Gasteiger partial charge in [0.1, 0.15) is 5.75 Å². The fourth-order valence-corrected chi connectivity index (χ4v) is 2.09. The van der Waals surface area contributed by atoms with Crippen LogP contribution in [0, 0.1) is 0 Å². The molecule has 0 aliphatic carbocycles. The zero-order valence-electron chi connectivity index (χ0n) is 11.3. The van der Waals surface area contributed by atoms with Crippen LogP contribution in [-0.2, 0) is 6.54 Å². The van der Waals surface area contributed by atoms with Gasteiger partial charge < -0.3 is 4.74 Å². The monoisotopic (exact) mass is 260 g/mol. The van der Waals surface area contributed by atoms with Crippen LogP contribution in [0.2, 0.25) is 0 Å². The van der Waals surface area contributed by atoms with Gasteiger partial charge in [-0.05, 0) is 24.1 Å². The van der Waals surface area contributed by atoms with Crippen LogP contribution in [0.25, 0.3) is 0 Å². The zero-order chi connectivity index (χ0) is 13.7. The summed E-state index contributed by atoms with van der Waals surface area (Å²) in [5.41, 5.74) is 4.93. The van der Waals surface area contributed by atoms with E-state index in [9.17, 15) is 0 Å². The number of nitrogens with one attached hydrogen (secondary N) is 1. The number of hydrazine groups is 1. The lowest BCUT2D eigenvalue weighted by atomic mass is 10.0. The molecule has 0 amide bonds. The highest BCUT2D eigenvalue weighted by Gasteiger charge is 2.14. The quantitative estimate of drug-likeness (QED) is 0.614. The Morgan fingerprint density at radius 2 is 2.26 bits per heavy atom. The maximum atomic E-state index is 5.68. The SMILES string of the molecule is CCCn1cc(C(NN)c2cccc(OC)c2)cn1. The summed E-state index contributed by atoms with van der Waals surface area (Å²) in [7, 11) is 1.66. The predicted octanol–water partition coefficient (Wildman–Crippen LogP) is 1.85. The van der Waals surface area contributed by atoms with Gasteiger partial charge in [0.25, 0.3) is 0 Å². The third-order valence-corrected chi connectivity index (χ3v) is 3.03. The molecule has 102 valence electrons. The van der Waals surface area contributed by atoms with Crippen molar-refractivity contribution >= 4 is 0 Å². The Kier molecular flexibility index (Phi) is 4.54. The van der Waals surface area contributed by atoms with Crippen LogP contribution in [0.1, 0.15) is 30.5 Å². The van der Waals surface area contributed by atoms with Gasteiger partial charge >= 0.3 is 0 Å². The average Bonchev–Trinajstić information content (AvgIpc) is 2.89. The largest absolute Gasteiger partial charge is 0.497 e. The highest BCUT2D eigenvalue weighted by molar-refractivity contribution is 5.35. The first kappa shape index (κ1) is 13.6. The van der Waals surface area contributed by atoms with Gasteiger partial charge in [0.2, 0.25) is 0 Å². The molecule has 5 nitrogen and oxygen atoms in total. The Bertz CT molecular complexity index is 524. The first-order valence-corrected chi connectivity index (χ1v) is 6.41. The van der Waals surface area contributed by atoms with Crippen LogP contribution >= 0.6 is 0 Å². The fourth-order valence-electron chi connectivity index (χ4n) is 2.09. The third kappa shape index (κ3) is 3.13. The highest BCUT2D eigenvalue weighted by Crippen LogP contribution is 2.24. The smallest absolute Gasteiger partial charge is 0.119 e. The van der Waals surface area contributed by atoms with Crippen molar-refractivity contribution in [3.05, 3.63) is 47.8 Å². The first-order valence-electron chi connectivity index (χ1n) is 6.41. The van der Waals surface area contributed by atoms with Gasteiger partial charge in [-0.2, -0.15) is 5.10 Å². The van der Waals surface area contributed by atoms with E-state index in [0.29, 0.717) is 0 Å². The van der Waals surface area contributed by atoms with Gasteiger partial charge in [-0.15, -0.1) is 0 Å². The Labute approximate surface area is 113 Å². The molecule has 0 fully saturated rings. The lowest BCUT2D eigenvalue weighted by molar-refractivity contribution is 0.413. The summed E-state index contributed by atoms with van der Waals surface area (Å²) in [6, 6.07) is 7.78. The maximum Gasteiger partial charge on any atom is 0.119 e. The van der Waals surface area contributed by atoms with Crippen LogP contribution in [0.4, 0.5) is 0 Å². The number of methoxy groups -OCH3 is 1. The Balaban J connectivity index is 2.26. The fraction of sp³-hybridized carbons (Fsp3) is 0.357. The number of aryl methyl sites for hydroxylation is 1. The van der Waals surface area contributed by atoms with E-state index in [2.05, 4.69) is 17.4 Å². The Hall–Kier alpha value is -1.85. The van der Waals surface area contributed by atoms with Crippen molar-refractivity contribution in [1.29, 1.82) is 0 Å². The number of ether oxygens (including phenoxy) is 1. The first-order chi connectivity index (χ1) is 9.28. The molecule has 2 aromatic rings. The summed E-state index contributed by atoms with van der Waals surface area (Å²) in [4.78, 5) is 0. The van der Waals surface area contributed by atoms with E-state index < -0.39 is 0 Å². The summed E-state index contributed by atoms with van der Waals surface area (Å²) in [6.07, 6.45) is 4.92. The second kappa shape index (κ2) is 6.36. The molecule has 3 N–H and O–H groups in total. The molecule has 0 aliphatic rings. The molecule has 0 aliphatic heterocycles. The average molecular weight is 260 g/mol. The van der Waals surface area contributed by atoms with Crippen molar-refractivity contribution in [3.63, 3.8) is 0 Å².